The number of rotatable bonds is 8. The molecule has 1 aromatic carbocycles. The van der Waals surface area contributed by atoms with Gasteiger partial charge in [-0.05, 0) is 44.1 Å². The molecule has 1 atom stereocenters. The molecule has 0 aliphatic rings. The first-order valence-electron chi connectivity index (χ1n) is 7.70. The second-order valence-corrected chi connectivity index (χ2v) is 5.49. The van der Waals surface area contributed by atoms with Crippen LogP contribution in [0.1, 0.15) is 46.1 Å². The van der Waals surface area contributed by atoms with Crippen molar-refractivity contribution in [2.24, 2.45) is 0 Å². The van der Waals surface area contributed by atoms with E-state index in [1.165, 1.54) is 0 Å². The van der Waals surface area contributed by atoms with Gasteiger partial charge in [-0.1, -0.05) is 44.5 Å². The molecular weight excluding hydrogens is 286 g/mol. The van der Waals surface area contributed by atoms with E-state index in [-0.39, 0.29) is 11.5 Å². The van der Waals surface area contributed by atoms with Gasteiger partial charge < -0.3 is 4.74 Å². The molecule has 3 nitrogen and oxygen atoms in total. The molecule has 0 saturated carbocycles. The highest BCUT2D eigenvalue weighted by atomic mass is 35.5. The van der Waals surface area contributed by atoms with Crippen molar-refractivity contribution in [1.29, 1.82) is 0 Å². The van der Waals surface area contributed by atoms with Crippen molar-refractivity contribution in [2.45, 2.75) is 46.1 Å². The molecule has 0 amide bonds. The Kier molecular flexibility index (Phi) is 7.20. The fourth-order valence-corrected chi connectivity index (χ4v) is 3.20. The van der Waals surface area contributed by atoms with Crippen LogP contribution < -0.4 is 0 Å². The molecule has 0 aromatic heterocycles. The number of halogens is 1. The predicted octanol–water partition coefficient (Wildman–Crippen LogP) is 4.24. The van der Waals surface area contributed by atoms with Gasteiger partial charge in [0.05, 0.1) is 18.6 Å². The third-order valence-corrected chi connectivity index (χ3v) is 4.29. The fraction of sp³-hybridized carbons (Fsp3) is 0.588. The highest BCUT2D eigenvalue weighted by Crippen LogP contribution is 2.37. The fourth-order valence-electron chi connectivity index (χ4n) is 3.01. The minimum Gasteiger partial charge on any atom is -0.466 e. The zero-order valence-corrected chi connectivity index (χ0v) is 14.2. The number of hydrogen-bond acceptors (Lipinski definition) is 3. The van der Waals surface area contributed by atoms with Crippen LogP contribution in [0.15, 0.2) is 24.3 Å². The number of carbonyl (C=O) groups is 1. The average Bonchev–Trinajstić information content (AvgIpc) is 2.47. The molecule has 1 unspecified atom stereocenters. The van der Waals surface area contributed by atoms with Crippen LogP contribution >= 0.6 is 11.6 Å². The first kappa shape index (κ1) is 18.0. The largest absolute Gasteiger partial charge is 0.466 e. The molecule has 1 rings (SSSR count). The van der Waals surface area contributed by atoms with Crippen LogP contribution in [0.25, 0.3) is 0 Å². The quantitative estimate of drug-likeness (QED) is 0.672. The second-order valence-electron chi connectivity index (χ2n) is 5.05. The summed E-state index contributed by atoms with van der Waals surface area (Å²) in [4.78, 5) is 14.4. The lowest BCUT2D eigenvalue weighted by molar-refractivity contribution is -0.147. The topological polar surface area (TPSA) is 29.5 Å². The summed E-state index contributed by atoms with van der Waals surface area (Å²) in [7, 11) is 0. The molecule has 4 heteroatoms. The molecule has 21 heavy (non-hydrogen) atoms. The molecule has 0 aliphatic heterocycles. The first-order chi connectivity index (χ1) is 10.0. The average molecular weight is 312 g/mol. The highest BCUT2D eigenvalue weighted by Gasteiger charge is 2.38. The molecule has 1 aromatic rings. The summed E-state index contributed by atoms with van der Waals surface area (Å²) in [5.41, 5.74) is 0.718. The number of nitrogens with zero attached hydrogens (tertiary/aromatic N) is 1. The Labute approximate surface area is 133 Å². The summed E-state index contributed by atoms with van der Waals surface area (Å²) in [5, 5.41) is 0.696. The van der Waals surface area contributed by atoms with Crippen LogP contribution in [0.5, 0.6) is 0 Å². The monoisotopic (exact) mass is 311 g/mol. The number of esters is 1. The SMILES string of the molecule is CCOC(=O)CC(CC)(c1cccc(Cl)c1)N(CC)CC. The molecule has 0 fully saturated rings. The minimum atomic E-state index is -0.360. The van der Waals surface area contributed by atoms with E-state index in [4.69, 9.17) is 16.3 Å². The van der Waals surface area contributed by atoms with Gasteiger partial charge in [-0.2, -0.15) is 0 Å². The Hall–Kier alpha value is -1.06. The van der Waals surface area contributed by atoms with Gasteiger partial charge in [-0.15, -0.1) is 0 Å². The summed E-state index contributed by atoms with van der Waals surface area (Å²) in [6.45, 7) is 10.3. The van der Waals surface area contributed by atoms with Crippen molar-refractivity contribution in [3.63, 3.8) is 0 Å². The Morgan fingerprint density at radius 3 is 2.38 bits per heavy atom. The number of carbonyl (C=O) groups excluding carboxylic acids is 1. The van der Waals surface area contributed by atoms with E-state index in [1.807, 2.05) is 31.2 Å². The number of benzene rings is 1. The molecular formula is C17H26ClNO2. The van der Waals surface area contributed by atoms with Crippen LogP contribution in [0.2, 0.25) is 5.02 Å². The van der Waals surface area contributed by atoms with E-state index >= 15 is 0 Å². The predicted molar refractivity (Wildman–Crippen MR) is 87.6 cm³/mol. The maximum atomic E-state index is 12.1. The van der Waals surface area contributed by atoms with E-state index in [1.54, 1.807) is 0 Å². The summed E-state index contributed by atoms with van der Waals surface area (Å²) in [6.07, 6.45) is 1.17. The van der Waals surface area contributed by atoms with Crippen molar-refractivity contribution in [3.8, 4) is 0 Å². The number of ether oxygens (including phenoxy) is 1. The van der Waals surface area contributed by atoms with Crippen molar-refractivity contribution < 1.29 is 9.53 Å². The van der Waals surface area contributed by atoms with Gasteiger partial charge in [-0.25, -0.2) is 0 Å². The molecule has 0 heterocycles. The Bertz CT molecular complexity index is 460. The van der Waals surface area contributed by atoms with Gasteiger partial charge in [0.25, 0.3) is 0 Å². The van der Waals surface area contributed by atoms with Crippen molar-refractivity contribution in [3.05, 3.63) is 34.9 Å². The van der Waals surface area contributed by atoms with Gasteiger partial charge in [0.2, 0.25) is 0 Å². The standard InChI is InChI=1S/C17H26ClNO2/c1-5-17(19(6-2)7-3,13-16(20)21-8-4)14-10-9-11-15(18)12-14/h9-12H,5-8,13H2,1-4H3. The third kappa shape index (κ3) is 4.21. The Morgan fingerprint density at radius 2 is 1.90 bits per heavy atom. The van der Waals surface area contributed by atoms with Crippen LogP contribution in [-0.2, 0) is 15.1 Å². The molecule has 0 bridgehead atoms. The Balaban J connectivity index is 3.28. The van der Waals surface area contributed by atoms with Crippen LogP contribution in [-0.4, -0.2) is 30.6 Å². The van der Waals surface area contributed by atoms with E-state index in [0.29, 0.717) is 18.1 Å². The van der Waals surface area contributed by atoms with Crippen molar-refractivity contribution >= 4 is 17.6 Å². The zero-order chi connectivity index (χ0) is 15.9. The third-order valence-electron chi connectivity index (χ3n) is 4.06. The van der Waals surface area contributed by atoms with Gasteiger partial charge in [0, 0.05) is 5.02 Å². The first-order valence-corrected chi connectivity index (χ1v) is 8.08. The number of hydrogen-bond donors (Lipinski definition) is 0. The van der Waals surface area contributed by atoms with Gasteiger partial charge in [0.1, 0.15) is 0 Å². The summed E-state index contributed by atoms with van der Waals surface area (Å²) >= 11 is 6.16. The minimum absolute atomic E-state index is 0.161. The van der Waals surface area contributed by atoms with Crippen molar-refractivity contribution in [2.75, 3.05) is 19.7 Å². The van der Waals surface area contributed by atoms with Crippen molar-refractivity contribution in [1.82, 2.24) is 4.90 Å². The van der Waals surface area contributed by atoms with Crippen LogP contribution in [0.3, 0.4) is 0 Å². The normalized spacial score (nSPS) is 14.0. The maximum Gasteiger partial charge on any atom is 0.308 e. The lowest BCUT2D eigenvalue weighted by atomic mass is 9.82. The van der Waals surface area contributed by atoms with E-state index in [2.05, 4.69) is 25.7 Å². The van der Waals surface area contributed by atoms with E-state index in [9.17, 15) is 4.79 Å². The van der Waals surface area contributed by atoms with Crippen LogP contribution in [0.4, 0.5) is 0 Å². The molecule has 118 valence electrons. The van der Waals surface area contributed by atoms with Gasteiger partial charge in [-0.3, -0.25) is 9.69 Å². The summed E-state index contributed by atoms with van der Waals surface area (Å²) in [5.74, 6) is -0.161. The molecule has 0 N–H and O–H groups in total. The second kappa shape index (κ2) is 8.40. The van der Waals surface area contributed by atoms with Crippen LogP contribution in [0, 0.1) is 0 Å². The lowest BCUT2D eigenvalue weighted by Crippen LogP contribution is -2.47. The molecule has 0 aliphatic carbocycles. The summed E-state index contributed by atoms with van der Waals surface area (Å²) in [6, 6.07) is 7.81. The smallest absolute Gasteiger partial charge is 0.308 e. The maximum absolute atomic E-state index is 12.1. The van der Waals surface area contributed by atoms with E-state index in [0.717, 1.165) is 25.1 Å². The molecule has 0 saturated heterocycles. The van der Waals surface area contributed by atoms with Gasteiger partial charge in [0.15, 0.2) is 0 Å². The molecule has 0 radical (unpaired) electrons. The lowest BCUT2D eigenvalue weighted by Gasteiger charge is -2.43. The zero-order valence-electron chi connectivity index (χ0n) is 13.5. The Morgan fingerprint density at radius 1 is 1.24 bits per heavy atom. The summed E-state index contributed by atoms with van der Waals surface area (Å²) < 4.78 is 5.19. The van der Waals surface area contributed by atoms with E-state index < -0.39 is 0 Å². The highest BCUT2D eigenvalue weighted by molar-refractivity contribution is 6.30. The van der Waals surface area contributed by atoms with Gasteiger partial charge >= 0.3 is 5.97 Å². The molecule has 0 spiro atoms.